The zero-order valence-corrected chi connectivity index (χ0v) is 9.09. The van der Waals surface area contributed by atoms with E-state index in [0.717, 1.165) is 18.4 Å². The molecule has 0 aliphatic carbocycles. The van der Waals surface area contributed by atoms with E-state index in [0.29, 0.717) is 5.75 Å². The molecule has 2 unspecified atom stereocenters. The highest BCUT2D eigenvalue weighted by Gasteiger charge is 2.32. The van der Waals surface area contributed by atoms with Crippen molar-refractivity contribution in [1.29, 1.82) is 0 Å². The standard InChI is InChI=1S/C12H16FNO/c1-3-4-10-12(14-2)9-6-5-8(13)7-11(9)15-10/h5-7,10,12,14H,3-4H2,1-2H3. The zero-order valence-electron chi connectivity index (χ0n) is 9.09. The van der Waals surface area contributed by atoms with Crippen LogP contribution in [0.3, 0.4) is 0 Å². The second-order valence-corrected chi connectivity index (χ2v) is 3.89. The van der Waals surface area contributed by atoms with Gasteiger partial charge < -0.3 is 10.1 Å². The fraction of sp³-hybridized carbons (Fsp3) is 0.500. The fourth-order valence-corrected chi connectivity index (χ4v) is 2.15. The number of hydrogen-bond donors (Lipinski definition) is 1. The van der Waals surface area contributed by atoms with E-state index in [1.165, 1.54) is 12.1 Å². The highest BCUT2D eigenvalue weighted by molar-refractivity contribution is 5.41. The SMILES string of the molecule is CCCC1Oc2cc(F)ccc2C1NC. The Morgan fingerprint density at radius 1 is 1.47 bits per heavy atom. The highest BCUT2D eigenvalue weighted by Crippen LogP contribution is 2.38. The Labute approximate surface area is 89.4 Å². The predicted molar refractivity (Wildman–Crippen MR) is 57.5 cm³/mol. The molecule has 2 rings (SSSR count). The third-order valence-electron chi connectivity index (χ3n) is 2.84. The summed E-state index contributed by atoms with van der Waals surface area (Å²) in [6.07, 6.45) is 2.19. The van der Waals surface area contributed by atoms with Crippen LogP contribution in [-0.2, 0) is 0 Å². The molecule has 1 heterocycles. The monoisotopic (exact) mass is 209 g/mol. The van der Waals surface area contributed by atoms with Crippen molar-refractivity contribution in [2.75, 3.05) is 7.05 Å². The van der Waals surface area contributed by atoms with Gasteiger partial charge in [0.25, 0.3) is 0 Å². The summed E-state index contributed by atoms with van der Waals surface area (Å²) in [5.41, 5.74) is 1.07. The third kappa shape index (κ3) is 1.84. The number of likely N-dealkylation sites (N-methyl/N-ethyl adjacent to an activating group) is 1. The van der Waals surface area contributed by atoms with Crippen molar-refractivity contribution in [1.82, 2.24) is 5.32 Å². The number of nitrogens with one attached hydrogen (secondary N) is 1. The molecule has 1 N–H and O–H groups in total. The third-order valence-corrected chi connectivity index (χ3v) is 2.84. The van der Waals surface area contributed by atoms with Gasteiger partial charge in [0.15, 0.2) is 0 Å². The number of fused-ring (bicyclic) bond motifs is 1. The van der Waals surface area contributed by atoms with Gasteiger partial charge in [-0.15, -0.1) is 0 Å². The Morgan fingerprint density at radius 2 is 2.27 bits per heavy atom. The van der Waals surface area contributed by atoms with E-state index in [4.69, 9.17) is 4.74 Å². The first-order valence-corrected chi connectivity index (χ1v) is 5.39. The van der Waals surface area contributed by atoms with E-state index >= 15 is 0 Å². The van der Waals surface area contributed by atoms with Crippen LogP contribution in [-0.4, -0.2) is 13.2 Å². The largest absolute Gasteiger partial charge is 0.488 e. The first kappa shape index (κ1) is 10.4. The van der Waals surface area contributed by atoms with Gasteiger partial charge in [0.05, 0.1) is 6.04 Å². The number of hydrogen-bond acceptors (Lipinski definition) is 2. The molecule has 0 fully saturated rings. The summed E-state index contributed by atoms with van der Waals surface area (Å²) < 4.78 is 18.7. The van der Waals surface area contributed by atoms with Crippen LogP contribution in [0.1, 0.15) is 31.4 Å². The Bertz CT molecular complexity index is 353. The quantitative estimate of drug-likeness (QED) is 0.826. The van der Waals surface area contributed by atoms with Crippen molar-refractivity contribution in [2.24, 2.45) is 0 Å². The smallest absolute Gasteiger partial charge is 0.127 e. The summed E-state index contributed by atoms with van der Waals surface area (Å²) in [7, 11) is 1.91. The lowest BCUT2D eigenvalue weighted by molar-refractivity contribution is 0.182. The summed E-state index contributed by atoms with van der Waals surface area (Å²) in [5.74, 6) is 0.452. The van der Waals surface area contributed by atoms with E-state index in [-0.39, 0.29) is 18.0 Å². The van der Waals surface area contributed by atoms with E-state index in [1.807, 2.05) is 13.1 Å². The van der Waals surface area contributed by atoms with Crippen LogP contribution in [0.5, 0.6) is 5.75 Å². The molecule has 1 aliphatic rings. The van der Waals surface area contributed by atoms with Crippen LogP contribution in [0.4, 0.5) is 4.39 Å². The molecule has 0 radical (unpaired) electrons. The predicted octanol–water partition coefficient (Wildman–Crippen LogP) is 2.65. The summed E-state index contributed by atoms with van der Waals surface area (Å²) in [4.78, 5) is 0. The Hall–Kier alpha value is -1.09. The molecule has 15 heavy (non-hydrogen) atoms. The molecule has 0 saturated heterocycles. The molecule has 3 heteroatoms. The minimum absolute atomic E-state index is 0.136. The molecular weight excluding hydrogens is 193 g/mol. The van der Waals surface area contributed by atoms with Gasteiger partial charge >= 0.3 is 0 Å². The molecule has 1 aromatic carbocycles. The molecule has 2 atom stereocenters. The van der Waals surface area contributed by atoms with Crippen molar-refractivity contribution < 1.29 is 9.13 Å². The van der Waals surface area contributed by atoms with Crippen LogP contribution in [0.2, 0.25) is 0 Å². The normalized spacial score (nSPS) is 23.7. The van der Waals surface area contributed by atoms with Crippen LogP contribution in [0, 0.1) is 5.82 Å². The first-order valence-electron chi connectivity index (χ1n) is 5.39. The molecule has 0 bridgehead atoms. The molecule has 0 amide bonds. The molecule has 0 spiro atoms. The lowest BCUT2D eigenvalue weighted by atomic mass is 10.0. The average molecular weight is 209 g/mol. The summed E-state index contributed by atoms with van der Waals surface area (Å²) in [6.45, 7) is 2.12. The van der Waals surface area contributed by atoms with Crippen molar-refractivity contribution in [3.63, 3.8) is 0 Å². The van der Waals surface area contributed by atoms with E-state index in [2.05, 4.69) is 12.2 Å². The zero-order chi connectivity index (χ0) is 10.8. The number of halogens is 1. The van der Waals surface area contributed by atoms with Crippen molar-refractivity contribution in [3.8, 4) is 5.75 Å². The number of benzene rings is 1. The summed E-state index contributed by atoms with van der Waals surface area (Å²) in [6, 6.07) is 4.96. The van der Waals surface area contributed by atoms with Gasteiger partial charge in [0, 0.05) is 11.6 Å². The average Bonchev–Trinajstić information content (AvgIpc) is 2.54. The van der Waals surface area contributed by atoms with Crippen LogP contribution >= 0.6 is 0 Å². The van der Waals surface area contributed by atoms with Gasteiger partial charge in [-0.3, -0.25) is 0 Å². The van der Waals surface area contributed by atoms with Crippen LogP contribution in [0.15, 0.2) is 18.2 Å². The van der Waals surface area contributed by atoms with E-state index in [9.17, 15) is 4.39 Å². The Balaban J connectivity index is 2.28. The second kappa shape index (κ2) is 4.19. The van der Waals surface area contributed by atoms with Crippen molar-refractivity contribution in [3.05, 3.63) is 29.6 Å². The van der Waals surface area contributed by atoms with Gasteiger partial charge in [-0.1, -0.05) is 19.4 Å². The minimum Gasteiger partial charge on any atom is -0.488 e. The maximum atomic E-state index is 13.0. The van der Waals surface area contributed by atoms with E-state index in [1.54, 1.807) is 0 Å². The molecule has 2 nitrogen and oxygen atoms in total. The highest BCUT2D eigenvalue weighted by atomic mass is 19.1. The van der Waals surface area contributed by atoms with Gasteiger partial charge in [-0.25, -0.2) is 4.39 Å². The van der Waals surface area contributed by atoms with Gasteiger partial charge in [0.1, 0.15) is 17.7 Å². The van der Waals surface area contributed by atoms with Crippen molar-refractivity contribution in [2.45, 2.75) is 31.9 Å². The molecule has 1 aliphatic heterocycles. The first-order chi connectivity index (χ1) is 7.26. The maximum absolute atomic E-state index is 13.0. The van der Waals surface area contributed by atoms with Crippen LogP contribution in [0.25, 0.3) is 0 Å². The number of rotatable bonds is 3. The molecule has 1 aromatic rings. The van der Waals surface area contributed by atoms with E-state index < -0.39 is 0 Å². The molecular formula is C12H16FNO. The lowest BCUT2D eigenvalue weighted by Gasteiger charge is -2.17. The molecule has 0 saturated carbocycles. The second-order valence-electron chi connectivity index (χ2n) is 3.89. The van der Waals surface area contributed by atoms with Gasteiger partial charge in [-0.05, 0) is 19.5 Å². The number of ether oxygens (including phenoxy) is 1. The van der Waals surface area contributed by atoms with Gasteiger partial charge in [0.2, 0.25) is 0 Å². The molecule has 0 aromatic heterocycles. The van der Waals surface area contributed by atoms with Crippen molar-refractivity contribution >= 4 is 0 Å². The van der Waals surface area contributed by atoms with Crippen LogP contribution < -0.4 is 10.1 Å². The minimum atomic E-state index is -0.235. The topological polar surface area (TPSA) is 21.3 Å². The Morgan fingerprint density at radius 3 is 2.93 bits per heavy atom. The maximum Gasteiger partial charge on any atom is 0.127 e. The summed E-state index contributed by atoms with van der Waals surface area (Å²) >= 11 is 0. The molecule has 82 valence electrons. The lowest BCUT2D eigenvalue weighted by Crippen LogP contribution is -2.28. The summed E-state index contributed by atoms with van der Waals surface area (Å²) in [5, 5.41) is 3.23. The van der Waals surface area contributed by atoms with Gasteiger partial charge in [-0.2, -0.15) is 0 Å². The fourth-order valence-electron chi connectivity index (χ4n) is 2.15. The Kier molecular flexibility index (Phi) is 2.91.